The number of para-hydroxylation sites is 1. The molecule has 0 radical (unpaired) electrons. The third-order valence-electron chi connectivity index (χ3n) is 5.50. The molecule has 0 aliphatic rings. The van der Waals surface area contributed by atoms with Gasteiger partial charge in [-0.05, 0) is 48.4 Å². The van der Waals surface area contributed by atoms with Crippen LogP contribution in [0.5, 0.6) is 0 Å². The second-order valence-corrected chi connectivity index (χ2v) is 9.84. The van der Waals surface area contributed by atoms with Crippen molar-refractivity contribution in [1.82, 2.24) is 5.43 Å². The fraction of sp³-hybridized carbons (Fsp3) is 0.111. The van der Waals surface area contributed by atoms with Crippen LogP contribution in [-0.4, -0.2) is 27.1 Å². The van der Waals surface area contributed by atoms with E-state index >= 15 is 0 Å². The number of nitrogens with zero attached hydrogens (tertiary/aromatic N) is 2. The van der Waals surface area contributed by atoms with Crippen LogP contribution >= 0.6 is 0 Å². The highest BCUT2D eigenvalue weighted by Gasteiger charge is 2.28. The SMILES string of the molecule is Cc1ccc(S(=O)(=O)N(CC(=O)N/N=C/c2cccc3ccccc23)c2ccccc2C)cc1. The number of amides is 1. The van der Waals surface area contributed by atoms with Gasteiger partial charge in [0, 0.05) is 5.56 Å². The predicted molar refractivity (Wildman–Crippen MR) is 137 cm³/mol. The van der Waals surface area contributed by atoms with E-state index in [0.29, 0.717) is 5.69 Å². The molecule has 0 heterocycles. The predicted octanol–water partition coefficient (Wildman–Crippen LogP) is 4.80. The van der Waals surface area contributed by atoms with E-state index in [2.05, 4.69) is 10.5 Å². The van der Waals surface area contributed by atoms with E-state index < -0.39 is 22.5 Å². The monoisotopic (exact) mass is 471 g/mol. The van der Waals surface area contributed by atoms with Gasteiger partial charge in [0.1, 0.15) is 6.54 Å². The summed E-state index contributed by atoms with van der Waals surface area (Å²) in [7, 11) is -3.97. The van der Waals surface area contributed by atoms with Gasteiger partial charge in [-0.2, -0.15) is 5.10 Å². The summed E-state index contributed by atoms with van der Waals surface area (Å²) >= 11 is 0. The standard InChI is InChI=1S/C27H25N3O3S/c1-20-14-16-24(17-15-20)34(32,33)30(26-13-6-3-8-21(26)2)19-27(31)29-28-18-23-11-7-10-22-9-4-5-12-25(22)23/h3-18H,19H2,1-2H3,(H,29,31)/b28-18+. The topological polar surface area (TPSA) is 78.8 Å². The summed E-state index contributed by atoms with van der Waals surface area (Å²) < 4.78 is 28.1. The number of anilines is 1. The molecule has 1 amide bonds. The van der Waals surface area contributed by atoms with Crippen LogP contribution in [0.1, 0.15) is 16.7 Å². The smallest absolute Gasteiger partial charge is 0.264 e. The molecule has 0 aliphatic heterocycles. The minimum atomic E-state index is -3.97. The van der Waals surface area contributed by atoms with Gasteiger partial charge >= 0.3 is 0 Å². The van der Waals surface area contributed by atoms with Crippen LogP contribution < -0.4 is 9.73 Å². The van der Waals surface area contributed by atoms with Crippen molar-refractivity contribution >= 4 is 38.6 Å². The Labute approximate surface area is 199 Å². The largest absolute Gasteiger partial charge is 0.271 e. The lowest BCUT2D eigenvalue weighted by atomic mass is 10.1. The second-order valence-electron chi connectivity index (χ2n) is 7.97. The first kappa shape index (κ1) is 23.2. The lowest BCUT2D eigenvalue weighted by Crippen LogP contribution is -2.40. The zero-order valence-electron chi connectivity index (χ0n) is 19.0. The van der Waals surface area contributed by atoms with Crippen LogP contribution in [0.15, 0.2) is 101 Å². The number of nitrogens with one attached hydrogen (secondary N) is 1. The van der Waals surface area contributed by atoms with Crippen LogP contribution in [0.2, 0.25) is 0 Å². The number of benzene rings is 4. The highest BCUT2D eigenvalue weighted by Crippen LogP contribution is 2.26. The summed E-state index contributed by atoms with van der Waals surface area (Å²) in [4.78, 5) is 12.9. The van der Waals surface area contributed by atoms with Crippen molar-refractivity contribution in [3.8, 4) is 0 Å². The molecule has 34 heavy (non-hydrogen) atoms. The Bertz CT molecular complexity index is 1460. The molecule has 172 valence electrons. The number of aryl methyl sites for hydroxylation is 2. The third-order valence-corrected chi connectivity index (χ3v) is 7.27. The van der Waals surface area contributed by atoms with Crippen molar-refractivity contribution in [3.63, 3.8) is 0 Å². The Kier molecular flexibility index (Phi) is 6.75. The van der Waals surface area contributed by atoms with E-state index in [9.17, 15) is 13.2 Å². The fourth-order valence-electron chi connectivity index (χ4n) is 3.68. The van der Waals surface area contributed by atoms with Gasteiger partial charge in [0.25, 0.3) is 15.9 Å². The van der Waals surface area contributed by atoms with Crippen LogP contribution in [0.25, 0.3) is 10.8 Å². The van der Waals surface area contributed by atoms with Gasteiger partial charge in [0.05, 0.1) is 16.8 Å². The molecule has 0 aromatic heterocycles. The lowest BCUT2D eigenvalue weighted by molar-refractivity contribution is -0.119. The van der Waals surface area contributed by atoms with Crippen molar-refractivity contribution in [2.45, 2.75) is 18.7 Å². The molecule has 0 unspecified atom stereocenters. The first-order valence-electron chi connectivity index (χ1n) is 10.8. The molecule has 4 aromatic carbocycles. The van der Waals surface area contributed by atoms with E-state index in [1.165, 1.54) is 0 Å². The first-order valence-corrected chi connectivity index (χ1v) is 12.2. The maximum atomic E-state index is 13.5. The Morgan fingerprint density at radius 3 is 2.32 bits per heavy atom. The molecule has 0 aliphatic carbocycles. The molecule has 4 aromatic rings. The molecule has 7 heteroatoms. The minimum Gasteiger partial charge on any atom is -0.271 e. The molecule has 0 saturated carbocycles. The quantitative estimate of drug-likeness (QED) is 0.311. The van der Waals surface area contributed by atoms with Gasteiger partial charge in [-0.3, -0.25) is 9.10 Å². The molecule has 0 spiro atoms. The van der Waals surface area contributed by atoms with Crippen LogP contribution in [0.4, 0.5) is 5.69 Å². The van der Waals surface area contributed by atoms with Gasteiger partial charge in [-0.1, -0.05) is 78.4 Å². The molecule has 0 bridgehead atoms. The zero-order valence-corrected chi connectivity index (χ0v) is 19.8. The van der Waals surface area contributed by atoms with Crippen LogP contribution in [0.3, 0.4) is 0 Å². The van der Waals surface area contributed by atoms with Gasteiger partial charge < -0.3 is 0 Å². The first-order chi connectivity index (χ1) is 16.4. The average molecular weight is 472 g/mol. The van der Waals surface area contributed by atoms with Crippen molar-refractivity contribution in [2.24, 2.45) is 5.10 Å². The summed E-state index contributed by atoms with van der Waals surface area (Å²) in [5.41, 5.74) is 5.45. The van der Waals surface area contributed by atoms with E-state index in [1.807, 2.05) is 68.4 Å². The Balaban J connectivity index is 1.59. The summed E-state index contributed by atoms with van der Waals surface area (Å²) in [6, 6.07) is 27.3. The Morgan fingerprint density at radius 2 is 1.56 bits per heavy atom. The molecule has 1 N–H and O–H groups in total. The van der Waals surface area contributed by atoms with Crippen molar-refractivity contribution in [3.05, 3.63) is 108 Å². The fourth-order valence-corrected chi connectivity index (χ4v) is 5.17. The molecule has 4 rings (SSSR count). The summed E-state index contributed by atoms with van der Waals surface area (Å²) in [5, 5.41) is 6.15. The molecular formula is C27H25N3O3S. The maximum Gasteiger partial charge on any atom is 0.264 e. The third kappa shape index (κ3) is 5.00. The molecule has 0 atom stereocenters. The number of hydrogen-bond donors (Lipinski definition) is 1. The number of rotatable bonds is 7. The Morgan fingerprint density at radius 1 is 0.882 bits per heavy atom. The normalized spacial score (nSPS) is 11.6. The van der Waals surface area contributed by atoms with Gasteiger partial charge in [-0.15, -0.1) is 0 Å². The summed E-state index contributed by atoms with van der Waals surface area (Å²) in [6.45, 7) is 3.29. The number of carbonyl (C=O) groups excluding carboxylic acids is 1. The average Bonchev–Trinajstić information content (AvgIpc) is 2.83. The lowest BCUT2D eigenvalue weighted by Gasteiger charge is -2.25. The number of sulfonamides is 1. The maximum absolute atomic E-state index is 13.5. The van der Waals surface area contributed by atoms with Gasteiger partial charge in [0.15, 0.2) is 0 Å². The highest BCUT2D eigenvalue weighted by atomic mass is 32.2. The number of hydrazone groups is 1. The van der Waals surface area contributed by atoms with Gasteiger partial charge in [0.2, 0.25) is 0 Å². The summed E-state index contributed by atoms with van der Waals surface area (Å²) in [6.07, 6.45) is 1.56. The number of carbonyl (C=O) groups is 1. The molecule has 0 saturated heterocycles. The van der Waals surface area contributed by atoms with Crippen molar-refractivity contribution < 1.29 is 13.2 Å². The van der Waals surface area contributed by atoms with Crippen molar-refractivity contribution in [2.75, 3.05) is 10.8 Å². The minimum absolute atomic E-state index is 0.119. The van der Waals surface area contributed by atoms with E-state index in [1.54, 1.807) is 42.6 Å². The van der Waals surface area contributed by atoms with E-state index in [-0.39, 0.29) is 4.90 Å². The molecule has 0 fully saturated rings. The van der Waals surface area contributed by atoms with Crippen LogP contribution in [-0.2, 0) is 14.8 Å². The number of fused-ring (bicyclic) bond motifs is 1. The summed E-state index contributed by atoms with van der Waals surface area (Å²) in [5.74, 6) is -0.546. The van der Waals surface area contributed by atoms with E-state index in [4.69, 9.17) is 0 Å². The molecular weight excluding hydrogens is 446 g/mol. The van der Waals surface area contributed by atoms with Gasteiger partial charge in [-0.25, -0.2) is 13.8 Å². The van der Waals surface area contributed by atoms with Crippen molar-refractivity contribution in [1.29, 1.82) is 0 Å². The molecule has 6 nitrogen and oxygen atoms in total. The number of hydrogen-bond acceptors (Lipinski definition) is 4. The highest BCUT2D eigenvalue weighted by molar-refractivity contribution is 7.92. The van der Waals surface area contributed by atoms with Crippen LogP contribution in [0, 0.1) is 13.8 Å². The Hall–Kier alpha value is -3.97. The second kappa shape index (κ2) is 9.89. The zero-order chi connectivity index (χ0) is 24.1. The van der Waals surface area contributed by atoms with E-state index in [0.717, 1.165) is 31.8 Å².